The van der Waals surface area contributed by atoms with Gasteiger partial charge in [-0.25, -0.2) is 4.99 Å². The van der Waals surface area contributed by atoms with Crippen LogP contribution in [0.15, 0.2) is 59.6 Å². The van der Waals surface area contributed by atoms with Gasteiger partial charge in [-0.1, -0.05) is 48.0 Å². The molecule has 2 aliphatic heterocycles. The highest BCUT2D eigenvalue weighted by Gasteiger charge is 2.31. The first-order valence-corrected chi connectivity index (χ1v) is 9.63. The average Bonchev–Trinajstić information content (AvgIpc) is 2.74. The van der Waals surface area contributed by atoms with Gasteiger partial charge in [0.05, 0.1) is 6.42 Å². The number of anilines is 1. The van der Waals surface area contributed by atoms with Gasteiger partial charge >= 0.3 is 0 Å². The fraction of sp³-hybridized carbons (Fsp3) is 0.318. The molecule has 0 aromatic heterocycles. The molecule has 0 spiro atoms. The lowest BCUT2D eigenvalue weighted by molar-refractivity contribution is -0.120. The molecule has 2 aromatic carbocycles. The van der Waals surface area contributed by atoms with Crippen molar-refractivity contribution in [3.8, 4) is 0 Å². The number of carbonyl (C=O) groups is 2. The molecule has 2 heterocycles. The fourth-order valence-corrected chi connectivity index (χ4v) is 3.61. The van der Waals surface area contributed by atoms with Crippen LogP contribution in [0.5, 0.6) is 0 Å². The normalized spacial score (nSPS) is 19.8. The molecular formula is C22H24N4O2. The van der Waals surface area contributed by atoms with Crippen LogP contribution in [0.3, 0.4) is 0 Å². The van der Waals surface area contributed by atoms with E-state index in [0.29, 0.717) is 11.5 Å². The summed E-state index contributed by atoms with van der Waals surface area (Å²) in [5.74, 6) is 0.269. The number of aliphatic imine (C=N–C) groups is 1. The first-order chi connectivity index (χ1) is 13.6. The van der Waals surface area contributed by atoms with Gasteiger partial charge in [0.25, 0.3) is 0 Å². The summed E-state index contributed by atoms with van der Waals surface area (Å²) in [5, 5.41) is 2.85. The van der Waals surface area contributed by atoms with E-state index in [1.54, 1.807) is 12.1 Å². The maximum Gasteiger partial charge on any atom is 0.229 e. The molecule has 0 unspecified atom stereocenters. The number of hydrogen-bond acceptors (Lipinski definition) is 5. The Morgan fingerprint density at radius 2 is 1.61 bits per heavy atom. The third kappa shape index (κ3) is 3.91. The minimum absolute atomic E-state index is 0.0974. The van der Waals surface area contributed by atoms with Crippen LogP contribution < -0.4 is 10.2 Å². The molecule has 4 rings (SSSR count). The highest BCUT2D eigenvalue weighted by atomic mass is 16.2. The molecule has 144 valence electrons. The first-order valence-electron chi connectivity index (χ1n) is 9.63. The third-order valence-corrected chi connectivity index (χ3v) is 5.25. The van der Waals surface area contributed by atoms with Crippen LogP contribution in [0.2, 0.25) is 0 Å². The standard InChI is InChI=1S/C22H24N4O2/c1-16-7-9-17(10-8-16)21(28)19-15-20(27)24-22(23-19)26-13-11-25(12-14-26)18-5-3-2-4-6-18/h2-10,19H,11-15H2,1H3,(H,23,24,27)/t19-/m0/s1. The van der Waals surface area contributed by atoms with E-state index >= 15 is 0 Å². The van der Waals surface area contributed by atoms with Crippen molar-refractivity contribution < 1.29 is 9.59 Å². The number of piperazine rings is 1. The Morgan fingerprint density at radius 1 is 0.964 bits per heavy atom. The van der Waals surface area contributed by atoms with Crippen LogP contribution in [-0.2, 0) is 4.79 Å². The van der Waals surface area contributed by atoms with E-state index in [-0.39, 0.29) is 18.1 Å². The van der Waals surface area contributed by atoms with Crippen LogP contribution in [0, 0.1) is 6.92 Å². The molecule has 0 radical (unpaired) electrons. The highest BCUT2D eigenvalue weighted by Crippen LogP contribution is 2.18. The quantitative estimate of drug-likeness (QED) is 0.835. The van der Waals surface area contributed by atoms with Gasteiger partial charge in [-0.15, -0.1) is 0 Å². The van der Waals surface area contributed by atoms with Crippen molar-refractivity contribution in [2.24, 2.45) is 4.99 Å². The van der Waals surface area contributed by atoms with E-state index in [1.165, 1.54) is 5.69 Å². The number of nitrogens with zero attached hydrogens (tertiary/aromatic N) is 3. The Kier molecular flexibility index (Phi) is 5.10. The Morgan fingerprint density at radius 3 is 2.29 bits per heavy atom. The van der Waals surface area contributed by atoms with Crippen LogP contribution in [-0.4, -0.2) is 54.8 Å². The number of benzene rings is 2. The van der Waals surface area contributed by atoms with E-state index in [4.69, 9.17) is 0 Å². The number of aryl methyl sites for hydroxylation is 1. The maximum absolute atomic E-state index is 12.8. The zero-order chi connectivity index (χ0) is 19.5. The Bertz CT molecular complexity index is 885. The molecular weight excluding hydrogens is 352 g/mol. The topological polar surface area (TPSA) is 65.0 Å². The van der Waals surface area contributed by atoms with Gasteiger partial charge < -0.3 is 9.80 Å². The van der Waals surface area contributed by atoms with Crippen molar-refractivity contribution in [1.82, 2.24) is 10.2 Å². The highest BCUT2D eigenvalue weighted by molar-refractivity contribution is 6.08. The van der Waals surface area contributed by atoms with Gasteiger partial charge in [-0.3, -0.25) is 14.9 Å². The fourth-order valence-electron chi connectivity index (χ4n) is 3.61. The first kappa shape index (κ1) is 18.2. The van der Waals surface area contributed by atoms with Gasteiger partial charge in [0, 0.05) is 37.4 Å². The van der Waals surface area contributed by atoms with E-state index in [2.05, 4.69) is 32.2 Å². The van der Waals surface area contributed by atoms with Crippen molar-refractivity contribution in [1.29, 1.82) is 0 Å². The minimum atomic E-state index is -0.654. The largest absolute Gasteiger partial charge is 0.368 e. The molecule has 0 aliphatic carbocycles. The van der Waals surface area contributed by atoms with Crippen LogP contribution in [0.1, 0.15) is 22.3 Å². The van der Waals surface area contributed by atoms with Crippen molar-refractivity contribution in [3.05, 3.63) is 65.7 Å². The van der Waals surface area contributed by atoms with Crippen molar-refractivity contribution in [3.63, 3.8) is 0 Å². The van der Waals surface area contributed by atoms with Crippen LogP contribution in [0.4, 0.5) is 5.69 Å². The Labute approximate surface area is 164 Å². The van der Waals surface area contributed by atoms with Crippen molar-refractivity contribution in [2.75, 3.05) is 31.1 Å². The van der Waals surface area contributed by atoms with Gasteiger partial charge in [-0.2, -0.15) is 0 Å². The van der Waals surface area contributed by atoms with E-state index in [9.17, 15) is 9.59 Å². The second-order valence-electron chi connectivity index (χ2n) is 7.26. The molecule has 28 heavy (non-hydrogen) atoms. The summed E-state index contributed by atoms with van der Waals surface area (Å²) in [6, 6.07) is 17.1. The lowest BCUT2D eigenvalue weighted by atomic mass is 10.00. The van der Waals surface area contributed by atoms with Gasteiger partial charge in [0.1, 0.15) is 6.04 Å². The average molecular weight is 376 g/mol. The molecule has 2 aromatic rings. The predicted molar refractivity (Wildman–Crippen MR) is 110 cm³/mol. The van der Waals surface area contributed by atoms with Gasteiger partial charge in [0.2, 0.25) is 11.9 Å². The molecule has 2 aliphatic rings. The number of rotatable bonds is 3. The summed E-state index contributed by atoms with van der Waals surface area (Å²) in [4.78, 5) is 34.0. The van der Waals surface area contributed by atoms with E-state index < -0.39 is 6.04 Å². The number of amides is 1. The predicted octanol–water partition coefficient (Wildman–Crippen LogP) is 2.24. The SMILES string of the molecule is Cc1ccc(C(=O)[C@@H]2CC(=O)NC(N3CCN(c4ccccc4)CC3)=N2)cc1. The van der Waals surface area contributed by atoms with E-state index in [1.807, 2.05) is 37.3 Å². The summed E-state index contributed by atoms with van der Waals surface area (Å²) < 4.78 is 0. The lowest BCUT2D eigenvalue weighted by Gasteiger charge is -2.38. The summed E-state index contributed by atoms with van der Waals surface area (Å²) >= 11 is 0. The van der Waals surface area contributed by atoms with Gasteiger partial charge in [-0.05, 0) is 19.1 Å². The zero-order valence-corrected chi connectivity index (χ0v) is 16.0. The molecule has 1 N–H and O–H groups in total. The minimum Gasteiger partial charge on any atom is -0.368 e. The van der Waals surface area contributed by atoms with Crippen molar-refractivity contribution in [2.45, 2.75) is 19.4 Å². The molecule has 0 bridgehead atoms. The van der Waals surface area contributed by atoms with Crippen LogP contribution >= 0.6 is 0 Å². The third-order valence-electron chi connectivity index (χ3n) is 5.25. The maximum atomic E-state index is 12.8. The number of carbonyl (C=O) groups excluding carboxylic acids is 2. The summed E-state index contributed by atoms with van der Waals surface area (Å²) in [5.41, 5.74) is 2.89. The molecule has 1 atom stereocenters. The monoisotopic (exact) mass is 376 g/mol. The second kappa shape index (κ2) is 7.84. The Balaban J connectivity index is 1.46. The molecule has 1 saturated heterocycles. The summed E-state index contributed by atoms with van der Waals surface area (Å²) in [6.07, 6.45) is 0.0974. The summed E-state index contributed by atoms with van der Waals surface area (Å²) in [7, 11) is 0. The number of guanidine groups is 1. The van der Waals surface area contributed by atoms with E-state index in [0.717, 1.165) is 31.7 Å². The zero-order valence-electron chi connectivity index (χ0n) is 16.0. The molecule has 1 amide bonds. The number of hydrogen-bond donors (Lipinski definition) is 1. The smallest absolute Gasteiger partial charge is 0.229 e. The number of ketones is 1. The Hall–Kier alpha value is -3.15. The molecule has 6 heteroatoms. The lowest BCUT2D eigenvalue weighted by Crippen LogP contribution is -2.56. The molecule has 0 saturated carbocycles. The number of Topliss-reactive ketones (excluding diaryl/α,β-unsaturated/α-hetero) is 1. The van der Waals surface area contributed by atoms with Crippen LogP contribution in [0.25, 0.3) is 0 Å². The van der Waals surface area contributed by atoms with Gasteiger partial charge in [0.15, 0.2) is 5.78 Å². The summed E-state index contributed by atoms with van der Waals surface area (Å²) in [6.45, 7) is 5.16. The molecule has 6 nitrogen and oxygen atoms in total. The van der Waals surface area contributed by atoms with Crippen molar-refractivity contribution >= 4 is 23.3 Å². The number of para-hydroxylation sites is 1. The second-order valence-corrected chi connectivity index (χ2v) is 7.26. The number of nitrogens with one attached hydrogen (secondary N) is 1. The molecule has 1 fully saturated rings.